The smallest absolute Gasteiger partial charge is 0.307 e. The van der Waals surface area contributed by atoms with E-state index in [9.17, 15) is 14.7 Å². The van der Waals surface area contributed by atoms with Crippen LogP contribution in [-0.4, -0.2) is 32.2 Å². The number of anilines is 1. The molecule has 2 aromatic rings. The van der Waals surface area contributed by atoms with Crippen LogP contribution in [0.4, 0.5) is 5.13 Å². The van der Waals surface area contributed by atoms with Crippen molar-refractivity contribution in [2.24, 2.45) is 11.8 Å². The predicted molar refractivity (Wildman–Crippen MR) is 84.9 cm³/mol. The third-order valence-electron chi connectivity index (χ3n) is 4.00. The Labute approximate surface area is 136 Å². The first kappa shape index (κ1) is 15.5. The second kappa shape index (κ2) is 6.82. The number of hydrogen-bond donors (Lipinski definition) is 2. The SMILES string of the molecule is O=C(O)[C@H]1CCCC[C@H]1C(=O)Nc1nnc(-c2ccncc2)s1. The summed E-state index contributed by atoms with van der Waals surface area (Å²) >= 11 is 1.26. The number of nitrogens with zero attached hydrogens (tertiary/aromatic N) is 3. The Morgan fingerprint density at radius 1 is 1.13 bits per heavy atom. The summed E-state index contributed by atoms with van der Waals surface area (Å²) in [7, 11) is 0. The third kappa shape index (κ3) is 3.53. The van der Waals surface area contributed by atoms with Gasteiger partial charge in [-0.15, -0.1) is 10.2 Å². The van der Waals surface area contributed by atoms with Gasteiger partial charge in [-0.1, -0.05) is 24.2 Å². The molecule has 1 saturated carbocycles. The number of hydrogen-bond acceptors (Lipinski definition) is 6. The van der Waals surface area contributed by atoms with Gasteiger partial charge in [-0.05, 0) is 25.0 Å². The van der Waals surface area contributed by atoms with Crippen molar-refractivity contribution in [1.29, 1.82) is 0 Å². The van der Waals surface area contributed by atoms with Crippen molar-refractivity contribution >= 4 is 28.3 Å². The van der Waals surface area contributed by atoms with Gasteiger partial charge in [0.2, 0.25) is 11.0 Å². The van der Waals surface area contributed by atoms with Crippen molar-refractivity contribution in [3.8, 4) is 10.6 Å². The zero-order chi connectivity index (χ0) is 16.2. The van der Waals surface area contributed by atoms with Crippen LogP contribution >= 0.6 is 11.3 Å². The molecule has 0 unspecified atom stereocenters. The van der Waals surface area contributed by atoms with Gasteiger partial charge in [0, 0.05) is 18.0 Å². The summed E-state index contributed by atoms with van der Waals surface area (Å²) in [6, 6.07) is 3.63. The first-order chi connectivity index (χ1) is 11.1. The van der Waals surface area contributed by atoms with E-state index in [1.807, 2.05) is 12.1 Å². The molecule has 0 aromatic carbocycles. The molecule has 1 fully saturated rings. The molecule has 0 aliphatic heterocycles. The Morgan fingerprint density at radius 3 is 2.52 bits per heavy atom. The molecule has 1 aliphatic rings. The second-order valence-electron chi connectivity index (χ2n) is 5.47. The van der Waals surface area contributed by atoms with E-state index in [1.54, 1.807) is 12.4 Å². The molecule has 8 heteroatoms. The van der Waals surface area contributed by atoms with E-state index in [-0.39, 0.29) is 5.91 Å². The summed E-state index contributed by atoms with van der Waals surface area (Å²) in [5, 5.41) is 21.1. The maximum Gasteiger partial charge on any atom is 0.307 e. The molecule has 0 bridgehead atoms. The Bertz CT molecular complexity index is 704. The van der Waals surface area contributed by atoms with E-state index < -0.39 is 17.8 Å². The molecule has 3 rings (SSSR count). The number of amides is 1. The van der Waals surface area contributed by atoms with E-state index in [0.717, 1.165) is 18.4 Å². The summed E-state index contributed by atoms with van der Waals surface area (Å²) < 4.78 is 0. The van der Waals surface area contributed by atoms with Crippen LogP contribution in [0.1, 0.15) is 25.7 Å². The summed E-state index contributed by atoms with van der Waals surface area (Å²) in [5.74, 6) is -2.31. The molecule has 2 atom stereocenters. The van der Waals surface area contributed by atoms with Crippen molar-refractivity contribution in [2.45, 2.75) is 25.7 Å². The molecule has 1 amide bonds. The minimum Gasteiger partial charge on any atom is -0.481 e. The minimum atomic E-state index is -0.903. The van der Waals surface area contributed by atoms with Gasteiger partial charge < -0.3 is 10.4 Å². The summed E-state index contributed by atoms with van der Waals surface area (Å²) in [5.41, 5.74) is 0.874. The summed E-state index contributed by atoms with van der Waals surface area (Å²) in [6.45, 7) is 0. The molecule has 2 N–H and O–H groups in total. The Kier molecular flexibility index (Phi) is 4.61. The highest BCUT2D eigenvalue weighted by Crippen LogP contribution is 2.32. The molecular formula is C15H16N4O3S. The van der Waals surface area contributed by atoms with Crippen LogP contribution in [0.25, 0.3) is 10.6 Å². The lowest BCUT2D eigenvalue weighted by molar-refractivity contribution is -0.147. The standard InChI is InChI=1S/C15H16N4O3S/c20-12(10-3-1-2-4-11(10)14(21)22)17-15-19-18-13(23-15)9-5-7-16-8-6-9/h5-8,10-11H,1-4H2,(H,21,22)(H,17,19,20)/t10-,11+/m1/s1. The van der Waals surface area contributed by atoms with Crippen LogP contribution in [0.5, 0.6) is 0 Å². The number of pyridine rings is 1. The lowest BCUT2D eigenvalue weighted by atomic mass is 9.79. The number of nitrogens with one attached hydrogen (secondary N) is 1. The van der Waals surface area contributed by atoms with Crippen LogP contribution in [0.3, 0.4) is 0 Å². The zero-order valence-electron chi connectivity index (χ0n) is 12.3. The normalized spacial score (nSPS) is 20.9. The Hall–Kier alpha value is -2.35. The molecular weight excluding hydrogens is 316 g/mol. The van der Waals surface area contributed by atoms with Gasteiger partial charge in [0.1, 0.15) is 5.01 Å². The topological polar surface area (TPSA) is 105 Å². The first-order valence-electron chi connectivity index (χ1n) is 7.42. The van der Waals surface area contributed by atoms with E-state index in [1.165, 1.54) is 11.3 Å². The fraction of sp³-hybridized carbons (Fsp3) is 0.400. The number of carboxylic acid groups (broad SMARTS) is 1. The van der Waals surface area contributed by atoms with Crippen LogP contribution < -0.4 is 5.32 Å². The third-order valence-corrected chi connectivity index (χ3v) is 4.89. The molecule has 7 nitrogen and oxygen atoms in total. The number of rotatable bonds is 4. The van der Waals surface area contributed by atoms with Gasteiger partial charge in [0.15, 0.2) is 0 Å². The van der Waals surface area contributed by atoms with E-state index in [2.05, 4.69) is 20.5 Å². The molecule has 0 saturated heterocycles. The molecule has 2 heterocycles. The molecule has 120 valence electrons. The molecule has 23 heavy (non-hydrogen) atoms. The van der Waals surface area contributed by atoms with Gasteiger partial charge in [-0.25, -0.2) is 0 Å². The maximum atomic E-state index is 12.4. The fourth-order valence-corrected chi connectivity index (χ4v) is 3.58. The average Bonchev–Trinajstić information content (AvgIpc) is 3.04. The molecule has 2 aromatic heterocycles. The van der Waals surface area contributed by atoms with Crippen LogP contribution in [0.15, 0.2) is 24.5 Å². The quantitative estimate of drug-likeness (QED) is 0.891. The van der Waals surface area contributed by atoms with Gasteiger partial charge in [-0.2, -0.15) is 0 Å². The van der Waals surface area contributed by atoms with Gasteiger partial charge in [-0.3, -0.25) is 14.6 Å². The Morgan fingerprint density at radius 2 is 1.83 bits per heavy atom. The lowest BCUT2D eigenvalue weighted by Gasteiger charge is -2.26. The van der Waals surface area contributed by atoms with Crippen molar-refractivity contribution in [3.63, 3.8) is 0 Å². The van der Waals surface area contributed by atoms with Crippen LogP contribution in [-0.2, 0) is 9.59 Å². The van der Waals surface area contributed by atoms with Crippen LogP contribution in [0.2, 0.25) is 0 Å². The van der Waals surface area contributed by atoms with E-state index in [0.29, 0.717) is 23.0 Å². The maximum absolute atomic E-state index is 12.4. The predicted octanol–water partition coefficient (Wildman–Crippen LogP) is 2.43. The molecule has 0 radical (unpaired) electrons. The van der Waals surface area contributed by atoms with Crippen molar-refractivity contribution in [3.05, 3.63) is 24.5 Å². The number of aromatic nitrogens is 3. The highest BCUT2D eigenvalue weighted by Gasteiger charge is 2.36. The van der Waals surface area contributed by atoms with Crippen molar-refractivity contribution < 1.29 is 14.7 Å². The van der Waals surface area contributed by atoms with Crippen molar-refractivity contribution in [1.82, 2.24) is 15.2 Å². The van der Waals surface area contributed by atoms with E-state index in [4.69, 9.17) is 0 Å². The largest absolute Gasteiger partial charge is 0.481 e. The molecule has 1 aliphatic carbocycles. The fourth-order valence-electron chi connectivity index (χ4n) is 2.82. The first-order valence-corrected chi connectivity index (χ1v) is 8.24. The number of carbonyl (C=O) groups is 2. The van der Waals surface area contributed by atoms with Gasteiger partial charge in [0.05, 0.1) is 11.8 Å². The highest BCUT2D eigenvalue weighted by molar-refractivity contribution is 7.18. The van der Waals surface area contributed by atoms with E-state index >= 15 is 0 Å². The Balaban J connectivity index is 1.70. The number of carboxylic acids is 1. The van der Waals surface area contributed by atoms with Crippen LogP contribution in [0, 0.1) is 11.8 Å². The minimum absolute atomic E-state index is 0.283. The number of carbonyl (C=O) groups excluding carboxylic acids is 1. The monoisotopic (exact) mass is 332 g/mol. The second-order valence-corrected chi connectivity index (χ2v) is 6.45. The van der Waals surface area contributed by atoms with Crippen molar-refractivity contribution in [2.75, 3.05) is 5.32 Å². The summed E-state index contributed by atoms with van der Waals surface area (Å²) in [4.78, 5) is 27.6. The molecule has 0 spiro atoms. The lowest BCUT2D eigenvalue weighted by Crippen LogP contribution is -2.36. The average molecular weight is 332 g/mol. The summed E-state index contributed by atoms with van der Waals surface area (Å²) in [6.07, 6.45) is 6.19. The zero-order valence-corrected chi connectivity index (χ0v) is 13.1. The number of aliphatic carboxylic acids is 1. The highest BCUT2D eigenvalue weighted by atomic mass is 32.1. The van der Waals surface area contributed by atoms with Gasteiger partial charge >= 0.3 is 5.97 Å². The van der Waals surface area contributed by atoms with Gasteiger partial charge in [0.25, 0.3) is 0 Å².